The lowest BCUT2D eigenvalue weighted by Gasteiger charge is -2.41. The minimum atomic E-state index is -1.15. The smallest absolute Gasteiger partial charge is 0.337 e. The van der Waals surface area contributed by atoms with Gasteiger partial charge in [-0.15, -0.1) is 0 Å². The molecule has 3 aromatic rings. The molecule has 0 radical (unpaired) electrons. The Morgan fingerprint density at radius 3 is 2.41 bits per heavy atom. The molecule has 3 aliphatic rings. The fourth-order valence-corrected chi connectivity index (χ4v) is 8.26. The SMILES string of the molecule is Cc1cccc(Cl)c1CN1CCc2cc(-c3c(NC4CCN(C)CC4)nc(C)c(C(OC(C)(C)C)C(=O)O)c3N3CCC(C)(C)CC3)ccc2C1. The molecule has 51 heavy (non-hydrogen) atoms. The van der Waals surface area contributed by atoms with Crippen molar-refractivity contribution in [3.8, 4) is 11.1 Å². The first-order valence-corrected chi connectivity index (χ1v) is 19.2. The van der Waals surface area contributed by atoms with Crippen LogP contribution in [0.15, 0.2) is 36.4 Å². The Bertz CT molecular complexity index is 1710. The van der Waals surface area contributed by atoms with Gasteiger partial charge in [0.1, 0.15) is 5.82 Å². The number of fused-ring (bicyclic) bond motifs is 1. The van der Waals surface area contributed by atoms with Gasteiger partial charge in [-0.25, -0.2) is 9.78 Å². The summed E-state index contributed by atoms with van der Waals surface area (Å²) in [7, 11) is 2.18. The number of nitrogens with zero attached hydrogens (tertiary/aromatic N) is 4. The van der Waals surface area contributed by atoms with Crippen molar-refractivity contribution < 1.29 is 14.6 Å². The van der Waals surface area contributed by atoms with Gasteiger partial charge in [-0.2, -0.15) is 0 Å². The number of aryl methyl sites for hydroxylation is 2. The van der Waals surface area contributed by atoms with Crippen molar-refractivity contribution in [3.05, 3.63) is 74.9 Å². The summed E-state index contributed by atoms with van der Waals surface area (Å²) in [5, 5.41) is 15.5. The van der Waals surface area contributed by atoms with Gasteiger partial charge in [0.2, 0.25) is 0 Å². The van der Waals surface area contributed by atoms with Gasteiger partial charge < -0.3 is 25.0 Å². The van der Waals surface area contributed by atoms with Crippen molar-refractivity contribution in [1.29, 1.82) is 0 Å². The zero-order chi connectivity index (χ0) is 36.7. The lowest BCUT2D eigenvalue weighted by atomic mass is 9.81. The summed E-state index contributed by atoms with van der Waals surface area (Å²) >= 11 is 6.63. The lowest BCUT2D eigenvalue weighted by Crippen LogP contribution is -2.40. The first-order chi connectivity index (χ1) is 24.1. The predicted molar refractivity (Wildman–Crippen MR) is 209 cm³/mol. The molecule has 8 nitrogen and oxygen atoms in total. The third-order valence-electron chi connectivity index (χ3n) is 11.2. The highest BCUT2D eigenvalue weighted by Crippen LogP contribution is 2.47. The van der Waals surface area contributed by atoms with E-state index in [-0.39, 0.29) is 11.5 Å². The normalized spacial score (nSPS) is 19.5. The Morgan fingerprint density at radius 1 is 1.06 bits per heavy atom. The van der Waals surface area contributed by atoms with Crippen LogP contribution in [-0.2, 0) is 29.0 Å². The lowest BCUT2D eigenvalue weighted by molar-refractivity contribution is -0.160. The second-order valence-electron chi connectivity index (χ2n) is 17.0. The quantitative estimate of drug-likeness (QED) is 0.228. The number of hydrogen-bond acceptors (Lipinski definition) is 7. The van der Waals surface area contributed by atoms with E-state index < -0.39 is 17.7 Å². The Kier molecular flexibility index (Phi) is 11.1. The van der Waals surface area contributed by atoms with E-state index in [1.54, 1.807) is 0 Å². The second kappa shape index (κ2) is 15.1. The van der Waals surface area contributed by atoms with Crippen LogP contribution in [0.3, 0.4) is 0 Å². The van der Waals surface area contributed by atoms with Crippen LogP contribution in [0.2, 0.25) is 5.02 Å². The van der Waals surface area contributed by atoms with Gasteiger partial charge in [-0.3, -0.25) is 4.90 Å². The molecule has 3 aliphatic heterocycles. The Balaban J connectivity index is 1.47. The first kappa shape index (κ1) is 37.6. The van der Waals surface area contributed by atoms with E-state index >= 15 is 0 Å². The van der Waals surface area contributed by atoms with Crippen molar-refractivity contribution in [2.24, 2.45) is 5.41 Å². The molecule has 1 aromatic heterocycles. The number of carbonyl (C=O) groups is 1. The van der Waals surface area contributed by atoms with Gasteiger partial charge in [0.05, 0.1) is 11.3 Å². The number of halogens is 1. The van der Waals surface area contributed by atoms with Crippen LogP contribution in [0.4, 0.5) is 11.5 Å². The third kappa shape index (κ3) is 8.73. The largest absolute Gasteiger partial charge is 0.479 e. The fourth-order valence-electron chi connectivity index (χ4n) is 7.98. The highest BCUT2D eigenvalue weighted by atomic mass is 35.5. The Hall–Kier alpha value is -3.17. The molecule has 2 aromatic carbocycles. The number of pyridine rings is 1. The van der Waals surface area contributed by atoms with Crippen LogP contribution in [0.1, 0.15) is 99.9 Å². The number of aliphatic carboxylic acids is 1. The van der Waals surface area contributed by atoms with Gasteiger partial charge in [0, 0.05) is 60.6 Å². The number of ether oxygens (including phenoxy) is 1. The van der Waals surface area contributed by atoms with E-state index in [0.29, 0.717) is 11.3 Å². The zero-order valence-electron chi connectivity index (χ0n) is 32.0. The third-order valence-corrected chi connectivity index (χ3v) is 11.5. The molecule has 0 bridgehead atoms. The number of carboxylic acid groups (broad SMARTS) is 1. The van der Waals surface area contributed by atoms with Gasteiger partial charge in [-0.05, 0) is 126 Å². The van der Waals surface area contributed by atoms with Gasteiger partial charge in [-0.1, -0.05) is 55.8 Å². The van der Waals surface area contributed by atoms with E-state index in [4.69, 9.17) is 21.3 Å². The monoisotopic (exact) mass is 715 g/mol. The molecule has 1 unspecified atom stereocenters. The van der Waals surface area contributed by atoms with Crippen LogP contribution >= 0.6 is 11.6 Å². The highest BCUT2D eigenvalue weighted by molar-refractivity contribution is 6.31. The van der Waals surface area contributed by atoms with Gasteiger partial charge in [0.25, 0.3) is 0 Å². The number of aromatic nitrogens is 1. The van der Waals surface area contributed by atoms with E-state index in [2.05, 4.69) is 72.1 Å². The van der Waals surface area contributed by atoms with Crippen molar-refractivity contribution in [1.82, 2.24) is 14.8 Å². The molecule has 1 atom stereocenters. The van der Waals surface area contributed by atoms with Gasteiger partial charge in [0.15, 0.2) is 6.10 Å². The molecule has 276 valence electrons. The van der Waals surface area contributed by atoms with Gasteiger partial charge >= 0.3 is 5.97 Å². The average Bonchev–Trinajstić information content (AvgIpc) is 3.06. The maximum absolute atomic E-state index is 13.1. The Morgan fingerprint density at radius 2 is 1.76 bits per heavy atom. The molecule has 2 saturated heterocycles. The summed E-state index contributed by atoms with van der Waals surface area (Å²) in [4.78, 5) is 25.7. The molecule has 0 spiro atoms. The van der Waals surface area contributed by atoms with Crippen LogP contribution in [0.5, 0.6) is 0 Å². The molecule has 2 N–H and O–H groups in total. The molecular weight excluding hydrogens is 658 g/mol. The van der Waals surface area contributed by atoms with Crippen LogP contribution < -0.4 is 10.2 Å². The van der Waals surface area contributed by atoms with E-state index in [9.17, 15) is 9.90 Å². The zero-order valence-corrected chi connectivity index (χ0v) is 32.8. The van der Waals surface area contributed by atoms with E-state index in [1.165, 1.54) is 22.3 Å². The second-order valence-corrected chi connectivity index (χ2v) is 17.4. The summed E-state index contributed by atoms with van der Waals surface area (Å²) in [6.45, 7) is 20.9. The molecule has 4 heterocycles. The van der Waals surface area contributed by atoms with Crippen molar-refractivity contribution in [2.75, 3.05) is 50.0 Å². The van der Waals surface area contributed by atoms with Crippen molar-refractivity contribution in [2.45, 2.75) is 111 Å². The number of anilines is 2. The summed E-state index contributed by atoms with van der Waals surface area (Å²) in [5.41, 5.74) is 9.03. The average molecular weight is 716 g/mol. The minimum absolute atomic E-state index is 0.225. The van der Waals surface area contributed by atoms with E-state index in [0.717, 1.165) is 106 Å². The number of carboxylic acids is 1. The standard InChI is InChI=1S/C42H58ClN5O3/c1-27-10-9-11-34(43)33(27)26-47-21-14-29-24-30(12-13-31(29)25-47)36-37(48-22-17-42(6,7)18-23-48)35(38(40(49)50)51-41(3,4)5)28(2)44-39(36)45-32-15-19-46(8)20-16-32/h9-13,24,32,38H,14-23,25-26H2,1-8H3,(H,44,45)(H,49,50). The number of nitrogens with one attached hydrogen (secondary N) is 1. The van der Waals surface area contributed by atoms with Crippen molar-refractivity contribution in [3.63, 3.8) is 0 Å². The molecule has 0 saturated carbocycles. The highest BCUT2D eigenvalue weighted by Gasteiger charge is 2.37. The molecule has 6 rings (SSSR count). The molecule has 9 heteroatoms. The first-order valence-electron chi connectivity index (χ1n) is 18.8. The summed E-state index contributed by atoms with van der Waals surface area (Å²) < 4.78 is 6.39. The molecule has 0 amide bonds. The molecule has 0 aliphatic carbocycles. The van der Waals surface area contributed by atoms with Crippen LogP contribution in [-0.4, -0.2) is 77.3 Å². The van der Waals surface area contributed by atoms with Crippen LogP contribution in [0, 0.1) is 19.3 Å². The maximum atomic E-state index is 13.1. The molecular formula is C42H58ClN5O3. The Labute approximate surface area is 310 Å². The number of rotatable bonds is 9. The van der Waals surface area contributed by atoms with Crippen LogP contribution in [0.25, 0.3) is 11.1 Å². The number of likely N-dealkylation sites (tertiary alicyclic amines) is 1. The summed E-state index contributed by atoms with van der Waals surface area (Å²) in [6.07, 6.45) is 3.87. The minimum Gasteiger partial charge on any atom is -0.479 e. The number of hydrogen-bond donors (Lipinski definition) is 2. The predicted octanol–water partition coefficient (Wildman–Crippen LogP) is 8.65. The number of piperidine rings is 2. The number of benzene rings is 2. The van der Waals surface area contributed by atoms with E-state index in [1.807, 2.05) is 39.8 Å². The summed E-state index contributed by atoms with van der Waals surface area (Å²) in [5.74, 6) is -0.146. The maximum Gasteiger partial charge on any atom is 0.337 e. The fraction of sp³-hybridized carbons (Fsp3) is 0.571. The molecule has 2 fully saturated rings. The topological polar surface area (TPSA) is 81.2 Å². The summed E-state index contributed by atoms with van der Waals surface area (Å²) in [6, 6.07) is 13.3. The van der Waals surface area contributed by atoms with Crippen molar-refractivity contribution >= 4 is 29.1 Å².